The quantitative estimate of drug-likeness (QED) is 0.303. The molecular formula is C25H33N5O8. The zero-order chi connectivity index (χ0) is 28.0. The summed E-state index contributed by atoms with van der Waals surface area (Å²) < 4.78 is 5.15. The number of carbonyl (C=O) groups is 5. The standard InChI is InChI=1S/C25H33N5O8/c1-25(2,3)38-24(35)26-10-9-21(32)28-12-5-11-27(14-15-28)20(31)6-4-13-29-22(33)18-8-7-17(30(36)37)16-19(18)23(29)34/h7-8,16H,4-6,9-15H2,1-3H3,(H,26,35). The first-order valence-corrected chi connectivity index (χ1v) is 12.5. The number of benzene rings is 1. The summed E-state index contributed by atoms with van der Waals surface area (Å²) in [4.78, 5) is 76.9. The maximum atomic E-state index is 12.8. The first-order chi connectivity index (χ1) is 17.9. The van der Waals surface area contributed by atoms with E-state index in [0.29, 0.717) is 32.6 Å². The van der Waals surface area contributed by atoms with E-state index in [4.69, 9.17) is 4.74 Å². The third-order valence-electron chi connectivity index (χ3n) is 6.15. The summed E-state index contributed by atoms with van der Waals surface area (Å²) >= 11 is 0. The highest BCUT2D eigenvalue weighted by molar-refractivity contribution is 6.21. The normalized spacial score (nSPS) is 15.7. The number of nitrogens with one attached hydrogen (secondary N) is 1. The highest BCUT2D eigenvalue weighted by Gasteiger charge is 2.36. The van der Waals surface area contributed by atoms with Crippen molar-refractivity contribution in [1.29, 1.82) is 0 Å². The number of alkyl carbamates (subject to hydrolysis) is 1. The number of fused-ring (bicyclic) bond motifs is 1. The van der Waals surface area contributed by atoms with Gasteiger partial charge in [-0.3, -0.25) is 34.2 Å². The number of ether oxygens (including phenoxy) is 1. The summed E-state index contributed by atoms with van der Waals surface area (Å²) in [5, 5.41) is 13.5. The second-order valence-corrected chi connectivity index (χ2v) is 10.1. The summed E-state index contributed by atoms with van der Waals surface area (Å²) in [5.74, 6) is -1.40. The molecule has 0 radical (unpaired) electrons. The van der Waals surface area contributed by atoms with Gasteiger partial charge in [-0.2, -0.15) is 0 Å². The highest BCUT2D eigenvalue weighted by atomic mass is 16.6. The molecule has 2 aliphatic heterocycles. The molecule has 0 spiro atoms. The number of nitrogens with zero attached hydrogens (tertiary/aromatic N) is 4. The van der Waals surface area contributed by atoms with Crippen LogP contribution in [0.1, 0.15) is 67.2 Å². The van der Waals surface area contributed by atoms with Crippen molar-refractivity contribution >= 4 is 35.4 Å². The van der Waals surface area contributed by atoms with Gasteiger partial charge in [-0.1, -0.05) is 0 Å². The summed E-state index contributed by atoms with van der Waals surface area (Å²) in [7, 11) is 0. The third kappa shape index (κ3) is 7.26. The lowest BCUT2D eigenvalue weighted by Gasteiger charge is -2.23. The van der Waals surface area contributed by atoms with E-state index in [1.165, 1.54) is 12.1 Å². The lowest BCUT2D eigenvalue weighted by Crippen LogP contribution is -2.39. The molecule has 1 N–H and O–H groups in total. The first-order valence-electron chi connectivity index (χ1n) is 12.5. The van der Waals surface area contributed by atoms with Gasteiger partial charge < -0.3 is 19.9 Å². The summed E-state index contributed by atoms with van der Waals surface area (Å²) in [6.45, 7) is 7.14. The van der Waals surface area contributed by atoms with Crippen molar-refractivity contribution in [2.45, 2.75) is 52.1 Å². The van der Waals surface area contributed by atoms with Gasteiger partial charge in [0.25, 0.3) is 17.5 Å². The lowest BCUT2D eigenvalue weighted by molar-refractivity contribution is -0.384. The van der Waals surface area contributed by atoms with Gasteiger partial charge in [-0.25, -0.2) is 4.79 Å². The highest BCUT2D eigenvalue weighted by Crippen LogP contribution is 2.27. The van der Waals surface area contributed by atoms with Gasteiger partial charge >= 0.3 is 6.09 Å². The number of rotatable bonds is 8. The molecule has 1 fully saturated rings. The molecular weight excluding hydrogens is 498 g/mol. The van der Waals surface area contributed by atoms with Crippen LogP contribution >= 0.6 is 0 Å². The van der Waals surface area contributed by atoms with E-state index in [0.717, 1.165) is 11.0 Å². The topological polar surface area (TPSA) is 159 Å². The summed E-state index contributed by atoms with van der Waals surface area (Å²) in [6.07, 6.45) is 0.508. The van der Waals surface area contributed by atoms with Crippen LogP contribution < -0.4 is 5.32 Å². The molecule has 0 unspecified atom stereocenters. The molecule has 206 valence electrons. The van der Waals surface area contributed by atoms with Crippen LogP contribution in [0.2, 0.25) is 0 Å². The number of hydrogen-bond donors (Lipinski definition) is 1. The predicted octanol–water partition coefficient (Wildman–Crippen LogP) is 1.95. The summed E-state index contributed by atoms with van der Waals surface area (Å²) in [5.41, 5.74) is -0.780. The Balaban J connectivity index is 1.41. The SMILES string of the molecule is CC(C)(C)OC(=O)NCCC(=O)N1CCCN(C(=O)CCCN2C(=O)c3ccc([N+](=O)[O-])cc3C2=O)CC1. The van der Waals surface area contributed by atoms with Gasteiger partial charge in [0.15, 0.2) is 0 Å². The van der Waals surface area contributed by atoms with Crippen molar-refractivity contribution in [3.8, 4) is 0 Å². The molecule has 13 nitrogen and oxygen atoms in total. The Kier molecular flexibility index (Phi) is 9.02. The molecule has 0 aliphatic carbocycles. The second kappa shape index (κ2) is 12.0. The number of nitro groups is 1. The smallest absolute Gasteiger partial charge is 0.407 e. The van der Waals surface area contributed by atoms with Crippen molar-refractivity contribution in [3.63, 3.8) is 0 Å². The molecule has 0 saturated carbocycles. The molecule has 1 aromatic rings. The molecule has 0 aromatic heterocycles. The monoisotopic (exact) mass is 531 g/mol. The van der Waals surface area contributed by atoms with E-state index in [-0.39, 0.29) is 61.0 Å². The third-order valence-corrected chi connectivity index (χ3v) is 6.15. The zero-order valence-electron chi connectivity index (χ0n) is 21.9. The van der Waals surface area contributed by atoms with Crippen LogP contribution in [0.3, 0.4) is 0 Å². The molecule has 3 rings (SSSR count). The summed E-state index contributed by atoms with van der Waals surface area (Å²) in [6, 6.07) is 3.55. The Bertz CT molecular complexity index is 1130. The number of carbonyl (C=O) groups excluding carboxylic acids is 5. The number of hydrogen-bond acceptors (Lipinski definition) is 8. The van der Waals surface area contributed by atoms with Gasteiger partial charge in [0.1, 0.15) is 5.60 Å². The minimum Gasteiger partial charge on any atom is -0.444 e. The molecule has 13 heteroatoms. The fourth-order valence-electron chi connectivity index (χ4n) is 4.30. The fraction of sp³-hybridized carbons (Fsp3) is 0.560. The second-order valence-electron chi connectivity index (χ2n) is 10.1. The van der Waals surface area contributed by atoms with E-state index in [1.54, 1.807) is 30.6 Å². The maximum absolute atomic E-state index is 12.8. The number of non-ortho nitro benzene ring substituents is 1. The maximum Gasteiger partial charge on any atom is 0.407 e. The van der Waals surface area contributed by atoms with Crippen LogP contribution in [0.15, 0.2) is 18.2 Å². The Hall–Kier alpha value is -4.03. The van der Waals surface area contributed by atoms with Crippen LogP contribution in [0, 0.1) is 10.1 Å². The molecule has 5 amide bonds. The molecule has 0 atom stereocenters. The van der Waals surface area contributed by atoms with Crippen molar-refractivity contribution < 1.29 is 33.6 Å². The van der Waals surface area contributed by atoms with Gasteiger partial charge in [-0.05, 0) is 39.7 Å². The molecule has 2 aliphatic rings. The van der Waals surface area contributed by atoms with E-state index in [2.05, 4.69) is 5.32 Å². The zero-order valence-corrected chi connectivity index (χ0v) is 21.9. The molecule has 1 aromatic carbocycles. The average Bonchev–Trinajstić information content (AvgIpc) is 3.00. The van der Waals surface area contributed by atoms with Gasteiger partial charge in [0.05, 0.1) is 16.1 Å². The molecule has 0 bridgehead atoms. The van der Waals surface area contributed by atoms with Crippen molar-refractivity contribution in [2.75, 3.05) is 39.3 Å². The number of amides is 5. The van der Waals surface area contributed by atoms with Gasteiger partial charge in [0.2, 0.25) is 11.8 Å². The minimum atomic E-state index is -0.629. The van der Waals surface area contributed by atoms with E-state index in [1.807, 2.05) is 0 Å². The molecule has 2 heterocycles. The van der Waals surface area contributed by atoms with Crippen LogP contribution in [0.5, 0.6) is 0 Å². The van der Waals surface area contributed by atoms with Crippen LogP contribution in [-0.4, -0.2) is 94.2 Å². The molecule has 1 saturated heterocycles. The van der Waals surface area contributed by atoms with Crippen LogP contribution in [0.4, 0.5) is 10.5 Å². The van der Waals surface area contributed by atoms with Crippen molar-refractivity contribution in [2.24, 2.45) is 0 Å². The number of imide groups is 1. The van der Waals surface area contributed by atoms with E-state index < -0.39 is 28.4 Å². The largest absolute Gasteiger partial charge is 0.444 e. The first kappa shape index (κ1) is 28.5. The minimum absolute atomic E-state index is 0.00547. The van der Waals surface area contributed by atoms with Gasteiger partial charge in [-0.15, -0.1) is 0 Å². The lowest BCUT2D eigenvalue weighted by atomic mass is 10.1. The Morgan fingerprint density at radius 1 is 0.974 bits per heavy atom. The fourth-order valence-corrected chi connectivity index (χ4v) is 4.30. The van der Waals surface area contributed by atoms with Crippen LogP contribution in [0.25, 0.3) is 0 Å². The Labute approximate surface area is 220 Å². The van der Waals surface area contributed by atoms with Crippen molar-refractivity contribution in [3.05, 3.63) is 39.4 Å². The Morgan fingerprint density at radius 2 is 1.58 bits per heavy atom. The average molecular weight is 532 g/mol. The van der Waals surface area contributed by atoms with Crippen molar-refractivity contribution in [1.82, 2.24) is 20.0 Å². The Morgan fingerprint density at radius 3 is 2.18 bits per heavy atom. The van der Waals surface area contributed by atoms with E-state index >= 15 is 0 Å². The van der Waals surface area contributed by atoms with Gasteiger partial charge in [0, 0.05) is 64.2 Å². The molecule has 38 heavy (non-hydrogen) atoms. The predicted molar refractivity (Wildman–Crippen MR) is 134 cm³/mol. The van der Waals surface area contributed by atoms with Crippen LogP contribution in [-0.2, 0) is 14.3 Å². The van der Waals surface area contributed by atoms with E-state index in [9.17, 15) is 34.1 Å². The number of nitro benzene ring substituents is 1.